The Bertz CT molecular complexity index is 479. The lowest BCUT2D eigenvalue weighted by molar-refractivity contribution is 0.0783. The Kier molecular flexibility index (Phi) is 7.26. The number of para-hydroxylation sites is 1. The summed E-state index contributed by atoms with van der Waals surface area (Å²) in [7, 11) is 1.95. The Labute approximate surface area is 132 Å². The highest BCUT2D eigenvalue weighted by Gasteiger charge is 2.27. The van der Waals surface area contributed by atoms with Crippen LogP contribution in [-0.4, -0.2) is 44.1 Å². The molecule has 0 aromatic heterocycles. The van der Waals surface area contributed by atoms with Crippen LogP contribution in [0.25, 0.3) is 0 Å². The van der Waals surface area contributed by atoms with Crippen LogP contribution in [0.5, 0.6) is 5.75 Å². The Morgan fingerprint density at radius 2 is 2.29 bits per heavy atom. The minimum absolute atomic E-state index is 0. The summed E-state index contributed by atoms with van der Waals surface area (Å²) < 4.78 is 5.56. The molecule has 1 N–H and O–H groups in total. The van der Waals surface area contributed by atoms with Crippen molar-refractivity contribution in [3.8, 4) is 5.75 Å². The lowest BCUT2D eigenvalue weighted by Gasteiger charge is -2.18. The zero-order chi connectivity index (χ0) is 14.4. The molecule has 1 saturated heterocycles. The number of rotatable bonds is 6. The van der Waals surface area contributed by atoms with Gasteiger partial charge in [0.15, 0.2) is 0 Å². The van der Waals surface area contributed by atoms with Gasteiger partial charge in [-0.1, -0.05) is 24.8 Å². The molecule has 1 fully saturated rings. The van der Waals surface area contributed by atoms with E-state index in [0.29, 0.717) is 23.8 Å². The van der Waals surface area contributed by atoms with Crippen LogP contribution in [0.3, 0.4) is 0 Å². The molecule has 1 aliphatic heterocycles. The van der Waals surface area contributed by atoms with Crippen molar-refractivity contribution in [1.82, 2.24) is 10.2 Å². The maximum Gasteiger partial charge on any atom is 0.257 e. The zero-order valence-corrected chi connectivity index (χ0v) is 13.2. The van der Waals surface area contributed by atoms with E-state index in [-0.39, 0.29) is 18.3 Å². The van der Waals surface area contributed by atoms with E-state index in [4.69, 9.17) is 4.74 Å². The highest BCUT2D eigenvalue weighted by Crippen LogP contribution is 2.23. The van der Waals surface area contributed by atoms with Gasteiger partial charge in [-0.3, -0.25) is 4.79 Å². The highest BCUT2D eigenvalue weighted by molar-refractivity contribution is 5.97. The molecule has 21 heavy (non-hydrogen) atoms. The van der Waals surface area contributed by atoms with E-state index in [9.17, 15) is 4.79 Å². The highest BCUT2D eigenvalue weighted by atomic mass is 35.5. The number of hydrogen-bond donors (Lipinski definition) is 1. The van der Waals surface area contributed by atoms with E-state index in [1.165, 1.54) is 0 Å². The van der Waals surface area contributed by atoms with Crippen LogP contribution in [0.2, 0.25) is 0 Å². The molecule has 0 spiro atoms. The fourth-order valence-electron chi connectivity index (χ4n) is 2.56. The van der Waals surface area contributed by atoms with Crippen LogP contribution < -0.4 is 10.1 Å². The van der Waals surface area contributed by atoms with Gasteiger partial charge in [0.05, 0.1) is 5.56 Å². The quantitative estimate of drug-likeness (QED) is 0.820. The smallest absolute Gasteiger partial charge is 0.257 e. The summed E-state index contributed by atoms with van der Waals surface area (Å²) in [6.07, 6.45) is 2.74. The number of likely N-dealkylation sites (tertiary alicyclic amines) is 1. The van der Waals surface area contributed by atoms with Gasteiger partial charge in [-0.05, 0) is 38.1 Å². The molecule has 2 rings (SSSR count). The van der Waals surface area contributed by atoms with Gasteiger partial charge in [0.1, 0.15) is 12.4 Å². The van der Waals surface area contributed by atoms with Gasteiger partial charge in [0.25, 0.3) is 5.91 Å². The molecule has 0 radical (unpaired) electrons. The summed E-state index contributed by atoms with van der Waals surface area (Å²) in [4.78, 5) is 14.5. The second-order valence-electron chi connectivity index (χ2n) is 5.06. The average Bonchev–Trinajstić information content (AvgIpc) is 2.94. The van der Waals surface area contributed by atoms with Crippen molar-refractivity contribution < 1.29 is 9.53 Å². The molecule has 1 aliphatic rings. The summed E-state index contributed by atoms with van der Waals surface area (Å²) in [5, 5.41) is 3.17. The number of nitrogens with one attached hydrogen (secondary N) is 1. The molecular formula is C16H23ClN2O2. The first kappa shape index (κ1) is 17.5. The van der Waals surface area contributed by atoms with Gasteiger partial charge < -0.3 is 15.0 Å². The van der Waals surface area contributed by atoms with Gasteiger partial charge in [-0.15, -0.1) is 12.4 Å². The SMILES string of the molecule is C=CCOc1ccccc1C(=O)N1CCC(CNC)C1.Cl. The molecule has 1 aromatic carbocycles. The van der Waals surface area contributed by atoms with Crippen molar-refractivity contribution >= 4 is 18.3 Å². The van der Waals surface area contributed by atoms with E-state index in [1.54, 1.807) is 6.08 Å². The van der Waals surface area contributed by atoms with E-state index < -0.39 is 0 Å². The van der Waals surface area contributed by atoms with Crippen molar-refractivity contribution in [2.45, 2.75) is 6.42 Å². The predicted octanol–water partition coefficient (Wildman–Crippen LogP) is 2.35. The van der Waals surface area contributed by atoms with Crippen LogP contribution in [0.1, 0.15) is 16.8 Å². The molecular weight excluding hydrogens is 288 g/mol. The molecule has 1 unspecified atom stereocenters. The molecule has 1 aromatic rings. The monoisotopic (exact) mass is 310 g/mol. The van der Waals surface area contributed by atoms with E-state index in [0.717, 1.165) is 26.1 Å². The Hall–Kier alpha value is -1.52. The molecule has 0 bridgehead atoms. The third kappa shape index (κ3) is 4.48. The van der Waals surface area contributed by atoms with Crippen LogP contribution in [0.15, 0.2) is 36.9 Å². The van der Waals surface area contributed by atoms with Crippen molar-refractivity contribution in [2.75, 3.05) is 33.3 Å². The number of ether oxygens (including phenoxy) is 1. The first-order chi connectivity index (χ1) is 9.76. The van der Waals surface area contributed by atoms with E-state index in [1.807, 2.05) is 36.2 Å². The molecule has 0 aliphatic carbocycles. The van der Waals surface area contributed by atoms with E-state index >= 15 is 0 Å². The number of carbonyl (C=O) groups excluding carboxylic acids is 1. The number of hydrogen-bond acceptors (Lipinski definition) is 3. The first-order valence-electron chi connectivity index (χ1n) is 7.03. The molecule has 116 valence electrons. The van der Waals surface area contributed by atoms with Crippen LogP contribution in [0, 0.1) is 5.92 Å². The summed E-state index contributed by atoms with van der Waals surface area (Å²) in [5.41, 5.74) is 0.638. The molecule has 4 nitrogen and oxygen atoms in total. The normalized spacial score (nSPS) is 17.2. The van der Waals surface area contributed by atoms with Gasteiger partial charge in [0.2, 0.25) is 0 Å². The molecule has 5 heteroatoms. The average molecular weight is 311 g/mol. The molecule has 1 amide bonds. The van der Waals surface area contributed by atoms with Crippen molar-refractivity contribution in [2.24, 2.45) is 5.92 Å². The van der Waals surface area contributed by atoms with Crippen LogP contribution in [0.4, 0.5) is 0 Å². The molecule has 1 atom stereocenters. The maximum atomic E-state index is 12.6. The van der Waals surface area contributed by atoms with Gasteiger partial charge in [-0.25, -0.2) is 0 Å². The second-order valence-corrected chi connectivity index (χ2v) is 5.06. The molecule has 1 heterocycles. The number of halogens is 1. The predicted molar refractivity (Wildman–Crippen MR) is 87.3 cm³/mol. The topological polar surface area (TPSA) is 41.6 Å². The van der Waals surface area contributed by atoms with Crippen LogP contribution >= 0.6 is 12.4 Å². The largest absolute Gasteiger partial charge is 0.489 e. The van der Waals surface area contributed by atoms with Crippen molar-refractivity contribution in [3.63, 3.8) is 0 Å². The minimum atomic E-state index is 0. The second kappa shape index (κ2) is 8.70. The van der Waals surface area contributed by atoms with Crippen molar-refractivity contribution in [1.29, 1.82) is 0 Å². The summed E-state index contributed by atoms with van der Waals surface area (Å²) in [6, 6.07) is 7.40. The lowest BCUT2D eigenvalue weighted by atomic mass is 10.1. The standard InChI is InChI=1S/C16H22N2O2.ClH/c1-3-10-20-15-7-5-4-6-14(15)16(19)18-9-8-13(12-18)11-17-2;/h3-7,13,17H,1,8-12H2,2H3;1H. The Balaban J connectivity index is 0.00000220. The van der Waals surface area contributed by atoms with Crippen LogP contribution in [-0.2, 0) is 0 Å². The number of benzene rings is 1. The fourth-order valence-corrected chi connectivity index (χ4v) is 2.56. The van der Waals surface area contributed by atoms with Crippen molar-refractivity contribution in [3.05, 3.63) is 42.5 Å². The Morgan fingerprint density at radius 1 is 1.52 bits per heavy atom. The summed E-state index contributed by atoms with van der Waals surface area (Å²) >= 11 is 0. The number of carbonyl (C=O) groups is 1. The maximum absolute atomic E-state index is 12.6. The number of amides is 1. The zero-order valence-electron chi connectivity index (χ0n) is 12.4. The Morgan fingerprint density at radius 3 is 3.00 bits per heavy atom. The molecule has 0 saturated carbocycles. The summed E-state index contributed by atoms with van der Waals surface area (Å²) in [6.45, 7) is 6.63. The van der Waals surface area contributed by atoms with Gasteiger partial charge >= 0.3 is 0 Å². The lowest BCUT2D eigenvalue weighted by Crippen LogP contribution is -2.30. The number of nitrogens with zero attached hydrogens (tertiary/aromatic N) is 1. The summed E-state index contributed by atoms with van der Waals surface area (Å²) in [5.74, 6) is 1.24. The third-order valence-corrected chi connectivity index (χ3v) is 3.54. The fraction of sp³-hybridized carbons (Fsp3) is 0.438. The third-order valence-electron chi connectivity index (χ3n) is 3.54. The van der Waals surface area contributed by atoms with Gasteiger partial charge in [0, 0.05) is 13.1 Å². The first-order valence-corrected chi connectivity index (χ1v) is 7.03. The van der Waals surface area contributed by atoms with Gasteiger partial charge in [-0.2, -0.15) is 0 Å². The van der Waals surface area contributed by atoms with E-state index in [2.05, 4.69) is 11.9 Å². The minimum Gasteiger partial charge on any atom is -0.489 e.